The van der Waals surface area contributed by atoms with Crippen molar-refractivity contribution in [3.05, 3.63) is 36.4 Å². The molecule has 0 fully saturated rings. The largest absolute Gasteiger partial charge is 0.486 e. The Kier molecular flexibility index (Phi) is 3.33. The van der Waals surface area contributed by atoms with E-state index in [9.17, 15) is 8.42 Å². The summed E-state index contributed by atoms with van der Waals surface area (Å²) < 4.78 is 37.6. The third-order valence-electron chi connectivity index (χ3n) is 2.83. The molecule has 0 radical (unpaired) electrons. The van der Waals surface area contributed by atoms with Crippen LogP contribution in [0.1, 0.15) is 5.69 Å². The summed E-state index contributed by atoms with van der Waals surface area (Å²) in [5, 5.41) is 0. The van der Waals surface area contributed by atoms with Gasteiger partial charge in [0.2, 0.25) is 10.0 Å². The van der Waals surface area contributed by atoms with Gasteiger partial charge in [-0.2, -0.15) is 0 Å². The van der Waals surface area contributed by atoms with Gasteiger partial charge in [0.25, 0.3) is 0 Å². The molecule has 2 N–H and O–H groups in total. The number of imidazole rings is 1. The number of sulfonamides is 1. The van der Waals surface area contributed by atoms with Crippen molar-refractivity contribution in [3.8, 4) is 11.5 Å². The van der Waals surface area contributed by atoms with E-state index in [1.54, 1.807) is 12.3 Å². The third-order valence-corrected chi connectivity index (χ3v) is 4.23. The summed E-state index contributed by atoms with van der Waals surface area (Å²) in [6.45, 7) is 1.03. The summed E-state index contributed by atoms with van der Waals surface area (Å²) in [6, 6.07) is 4.55. The molecule has 2 heterocycles. The van der Waals surface area contributed by atoms with Crippen molar-refractivity contribution < 1.29 is 17.9 Å². The Morgan fingerprint density at radius 3 is 2.80 bits per heavy atom. The highest BCUT2D eigenvalue weighted by molar-refractivity contribution is 7.89. The third kappa shape index (κ3) is 2.61. The highest BCUT2D eigenvalue weighted by Crippen LogP contribution is 2.32. The van der Waals surface area contributed by atoms with E-state index in [4.69, 9.17) is 9.47 Å². The van der Waals surface area contributed by atoms with E-state index in [1.807, 2.05) is 0 Å². The molecule has 7 nitrogen and oxygen atoms in total. The van der Waals surface area contributed by atoms with Crippen molar-refractivity contribution >= 4 is 10.0 Å². The van der Waals surface area contributed by atoms with Crippen LogP contribution in [-0.2, 0) is 16.6 Å². The van der Waals surface area contributed by atoms with Gasteiger partial charge in [0.1, 0.15) is 13.2 Å². The van der Waals surface area contributed by atoms with Gasteiger partial charge in [-0.25, -0.2) is 18.1 Å². The lowest BCUT2D eigenvalue weighted by Crippen LogP contribution is -2.24. The topological polar surface area (TPSA) is 93.3 Å². The van der Waals surface area contributed by atoms with E-state index >= 15 is 0 Å². The van der Waals surface area contributed by atoms with Crippen molar-refractivity contribution in [2.24, 2.45) is 0 Å². The Morgan fingerprint density at radius 2 is 2.05 bits per heavy atom. The van der Waals surface area contributed by atoms with Crippen LogP contribution in [0.15, 0.2) is 35.6 Å². The molecule has 1 aliphatic heterocycles. The summed E-state index contributed by atoms with van der Waals surface area (Å²) >= 11 is 0. The molecule has 0 aliphatic carbocycles. The van der Waals surface area contributed by atoms with Crippen molar-refractivity contribution in [1.29, 1.82) is 0 Å². The number of rotatable bonds is 4. The number of hydrogen-bond acceptors (Lipinski definition) is 5. The van der Waals surface area contributed by atoms with Crippen LogP contribution in [0.5, 0.6) is 11.5 Å². The molecule has 0 saturated heterocycles. The quantitative estimate of drug-likeness (QED) is 0.864. The van der Waals surface area contributed by atoms with Crippen molar-refractivity contribution in [2.75, 3.05) is 13.2 Å². The second-order valence-electron chi connectivity index (χ2n) is 4.21. The van der Waals surface area contributed by atoms with Crippen LogP contribution < -0.4 is 14.2 Å². The average molecular weight is 295 g/mol. The van der Waals surface area contributed by atoms with E-state index in [0.717, 1.165) is 0 Å². The van der Waals surface area contributed by atoms with Gasteiger partial charge in [0.05, 0.1) is 17.8 Å². The summed E-state index contributed by atoms with van der Waals surface area (Å²) in [4.78, 5) is 6.79. The number of benzene rings is 1. The Balaban J connectivity index is 1.80. The first-order chi connectivity index (χ1) is 9.65. The molecule has 0 saturated carbocycles. The monoisotopic (exact) mass is 295 g/mol. The van der Waals surface area contributed by atoms with Gasteiger partial charge in [-0.1, -0.05) is 0 Å². The number of hydrogen-bond donors (Lipinski definition) is 2. The zero-order valence-electron chi connectivity index (χ0n) is 10.5. The number of ether oxygens (including phenoxy) is 2. The first-order valence-corrected chi connectivity index (χ1v) is 7.50. The van der Waals surface area contributed by atoms with E-state index in [2.05, 4.69) is 14.7 Å². The standard InChI is InChI=1S/C12H13N3O4S/c16-20(17,15-7-9-6-13-8-14-9)10-1-2-11-12(5-10)19-4-3-18-11/h1-2,5-6,8,15H,3-4,7H2,(H,13,14). The lowest BCUT2D eigenvalue weighted by atomic mass is 10.3. The molecule has 1 aliphatic rings. The first-order valence-electron chi connectivity index (χ1n) is 6.02. The Labute approximate surface area is 116 Å². The highest BCUT2D eigenvalue weighted by atomic mass is 32.2. The molecular formula is C12H13N3O4S. The minimum absolute atomic E-state index is 0.140. The molecule has 0 atom stereocenters. The SMILES string of the molecule is O=S(=O)(NCc1cnc[nH]1)c1ccc2c(c1)OCCO2. The second-order valence-corrected chi connectivity index (χ2v) is 5.97. The van der Waals surface area contributed by atoms with Crippen LogP contribution >= 0.6 is 0 Å². The lowest BCUT2D eigenvalue weighted by Gasteiger charge is -2.18. The van der Waals surface area contributed by atoms with Gasteiger partial charge >= 0.3 is 0 Å². The molecule has 3 rings (SSSR count). The fourth-order valence-corrected chi connectivity index (χ4v) is 2.85. The molecule has 20 heavy (non-hydrogen) atoms. The molecule has 1 aromatic carbocycles. The van der Waals surface area contributed by atoms with E-state index in [1.165, 1.54) is 18.5 Å². The number of aromatic amines is 1. The first kappa shape index (κ1) is 12.9. The molecule has 106 valence electrons. The fraction of sp³-hybridized carbons (Fsp3) is 0.250. The zero-order valence-corrected chi connectivity index (χ0v) is 11.3. The Hall–Kier alpha value is -2.06. The summed E-state index contributed by atoms with van der Waals surface area (Å²) in [6.07, 6.45) is 3.06. The predicted octanol–water partition coefficient (Wildman–Crippen LogP) is 0.659. The average Bonchev–Trinajstić information content (AvgIpc) is 2.98. The van der Waals surface area contributed by atoms with Crippen LogP contribution in [0.3, 0.4) is 0 Å². The molecule has 0 unspecified atom stereocenters. The number of fused-ring (bicyclic) bond motifs is 1. The second kappa shape index (κ2) is 5.14. The van der Waals surface area contributed by atoms with Gasteiger partial charge < -0.3 is 14.5 Å². The number of nitrogens with zero attached hydrogens (tertiary/aromatic N) is 1. The molecule has 2 aromatic rings. The fourth-order valence-electron chi connectivity index (χ4n) is 1.83. The van der Waals surface area contributed by atoms with Gasteiger partial charge in [-0.05, 0) is 12.1 Å². The lowest BCUT2D eigenvalue weighted by molar-refractivity contribution is 0.171. The van der Waals surface area contributed by atoms with Gasteiger partial charge in [0.15, 0.2) is 11.5 Å². The van der Waals surface area contributed by atoms with Gasteiger partial charge in [-0.3, -0.25) is 0 Å². The number of aromatic nitrogens is 2. The van der Waals surface area contributed by atoms with Crippen molar-refractivity contribution in [3.63, 3.8) is 0 Å². The van der Waals surface area contributed by atoms with Crippen LogP contribution in [-0.4, -0.2) is 31.6 Å². The van der Waals surface area contributed by atoms with Crippen LogP contribution in [0, 0.1) is 0 Å². The van der Waals surface area contributed by atoms with E-state index in [0.29, 0.717) is 30.4 Å². The van der Waals surface area contributed by atoms with E-state index < -0.39 is 10.0 Å². The van der Waals surface area contributed by atoms with Gasteiger partial charge in [0, 0.05) is 18.0 Å². The smallest absolute Gasteiger partial charge is 0.241 e. The number of nitrogens with one attached hydrogen (secondary N) is 2. The molecule has 0 spiro atoms. The Morgan fingerprint density at radius 1 is 1.25 bits per heavy atom. The summed E-state index contributed by atoms with van der Waals surface area (Å²) in [5.74, 6) is 1.00. The summed E-state index contributed by atoms with van der Waals surface area (Å²) in [7, 11) is -3.60. The van der Waals surface area contributed by atoms with Crippen molar-refractivity contribution in [1.82, 2.24) is 14.7 Å². The molecule has 8 heteroatoms. The maximum absolute atomic E-state index is 12.2. The maximum Gasteiger partial charge on any atom is 0.241 e. The molecule has 0 bridgehead atoms. The minimum Gasteiger partial charge on any atom is -0.486 e. The normalized spacial score (nSPS) is 14.2. The van der Waals surface area contributed by atoms with Crippen molar-refractivity contribution in [2.45, 2.75) is 11.4 Å². The summed E-state index contributed by atoms with van der Waals surface area (Å²) in [5.41, 5.74) is 0.686. The maximum atomic E-state index is 12.2. The van der Waals surface area contributed by atoms with E-state index in [-0.39, 0.29) is 11.4 Å². The molecule has 0 amide bonds. The molecule has 1 aromatic heterocycles. The van der Waals surface area contributed by atoms with Gasteiger partial charge in [-0.15, -0.1) is 0 Å². The zero-order chi connectivity index (χ0) is 14.0. The van der Waals surface area contributed by atoms with Crippen LogP contribution in [0.25, 0.3) is 0 Å². The predicted molar refractivity (Wildman–Crippen MR) is 70.0 cm³/mol. The molecular weight excluding hydrogens is 282 g/mol. The minimum atomic E-state index is -3.60. The van der Waals surface area contributed by atoms with Crippen LogP contribution in [0.4, 0.5) is 0 Å². The highest BCUT2D eigenvalue weighted by Gasteiger charge is 2.19. The van der Waals surface area contributed by atoms with Crippen LogP contribution in [0.2, 0.25) is 0 Å². The number of H-pyrrole nitrogens is 1. The Bertz CT molecular complexity index is 697.